The Morgan fingerprint density at radius 1 is 1.08 bits per heavy atom. The Kier molecular flexibility index (Phi) is 6.81. The second-order valence-electron chi connectivity index (χ2n) is 5.81. The van der Waals surface area contributed by atoms with E-state index in [1.165, 1.54) is 0 Å². The van der Waals surface area contributed by atoms with Crippen LogP contribution in [0.15, 0.2) is 58.8 Å². The molecular formula is C17H22N4O4S. The number of nitrogens with one attached hydrogen (secondary N) is 1. The van der Waals surface area contributed by atoms with Crippen molar-refractivity contribution in [1.82, 2.24) is 5.32 Å². The smallest absolute Gasteiger partial charge is 0.266 e. The van der Waals surface area contributed by atoms with E-state index in [1.807, 2.05) is 43.3 Å². The Hall–Kier alpha value is -2.33. The summed E-state index contributed by atoms with van der Waals surface area (Å²) in [5.41, 5.74) is 2.62. The van der Waals surface area contributed by atoms with Crippen molar-refractivity contribution in [3.05, 3.63) is 54.1 Å². The molecule has 1 unspecified atom stereocenters. The lowest BCUT2D eigenvalue weighted by atomic mass is 10.1. The Morgan fingerprint density at radius 3 is 2.35 bits per heavy atom. The minimum absolute atomic E-state index is 0.0997. The molecule has 0 aliphatic carbocycles. The molecule has 9 heteroatoms. The van der Waals surface area contributed by atoms with Gasteiger partial charge >= 0.3 is 0 Å². The molecule has 0 bridgehead atoms. The van der Waals surface area contributed by atoms with Gasteiger partial charge in [0.1, 0.15) is 6.23 Å². The first-order valence-corrected chi connectivity index (χ1v) is 9.52. The molecule has 0 saturated heterocycles. The van der Waals surface area contributed by atoms with Crippen LogP contribution in [0.2, 0.25) is 0 Å². The van der Waals surface area contributed by atoms with Gasteiger partial charge < -0.3 is 10.0 Å². The van der Waals surface area contributed by atoms with Crippen molar-refractivity contribution < 1.29 is 18.1 Å². The highest BCUT2D eigenvalue weighted by Gasteiger charge is 2.13. The molecule has 0 heterocycles. The van der Waals surface area contributed by atoms with Crippen molar-refractivity contribution in [2.75, 3.05) is 31.3 Å². The molecule has 2 rings (SSSR count). The zero-order valence-corrected chi connectivity index (χ0v) is 15.4. The van der Waals surface area contributed by atoms with Crippen LogP contribution in [0, 0.1) is 0 Å². The summed E-state index contributed by atoms with van der Waals surface area (Å²) in [6, 6.07) is 14.4. The second-order valence-corrected chi connectivity index (χ2v) is 7.38. The lowest BCUT2D eigenvalue weighted by molar-refractivity contribution is 0.142. The van der Waals surface area contributed by atoms with E-state index in [4.69, 9.17) is 4.55 Å². The van der Waals surface area contributed by atoms with Crippen molar-refractivity contribution in [2.24, 2.45) is 10.2 Å². The monoisotopic (exact) mass is 378 g/mol. The maximum Gasteiger partial charge on any atom is 0.266 e. The van der Waals surface area contributed by atoms with Gasteiger partial charge in [-0.2, -0.15) is 18.6 Å². The Labute approximate surface area is 152 Å². The number of nitrogens with zero attached hydrogens (tertiary/aromatic N) is 3. The van der Waals surface area contributed by atoms with E-state index in [0.29, 0.717) is 16.9 Å². The predicted molar refractivity (Wildman–Crippen MR) is 101 cm³/mol. The molecule has 8 nitrogen and oxygen atoms in total. The van der Waals surface area contributed by atoms with Gasteiger partial charge in [-0.05, 0) is 30.3 Å². The van der Waals surface area contributed by atoms with Gasteiger partial charge in [0.2, 0.25) is 0 Å². The SMILES string of the molecule is CN(C)c1ccc(N=Nc2ccccc2C(O)NCCS(=O)(=O)O)cc1. The Balaban J connectivity index is 2.10. The topological polar surface area (TPSA) is 115 Å². The third-order valence-electron chi connectivity index (χ3n) is 3.57. The minimum atomic E-state index is -4.09. The van der Waals surface area contributed by atoms with Crippen molar-refractivity contribution >= 4 is 27.2 Å². The fourth-order valence-corrected chi connectivity index (χ4v) is 2.55. The number of hydrogen-bond donors (Lipinski definition) is 3. The number of aliphatic hydroxyl groups is 1. The molecule has 0 radical (unpaired) electrons. The van der Waals surface area contributed by atoms with Gasteiger partial charge in [-0.1, -0.05) is 18.2 Å². The van der Waals surface area contributed by atoms with Gasteiger partial charge in [-0.3, -0.25) is 9.87 Å². The van der Waals surface area contributed by atoms with Gasteiger partial charge in [-0.15, -0.1) is 0 Å². The first kappa shape index (κ1) is 20.0. The van der Waals surface area contributed by atoms with E-state index in [-0.39, 0.29) is 6.54 Å². The molecule has 26 heavy (non-hydrogen) atoms. The molecule has 2 aromatic rings. The quantitative estimate of drug-likeness (QED) is 0.370. The molecular weight excluding hydrogens is 356 g/mol. The van der Waals surface area contributed by atoms with Gasteiger partial charge in [0.25, 0.3) is 10.1 Å². The highest BCUT2D eigenvalue weighted by molar-refractivity contribution is 7.85. The zero-order valence-electron chi connectivity index (χ0n) is 14.6. The first-order valence-electron chi connectivity index (χ1n) is 7.91. The van der Waals surface area contributed by atoms with E-state index < -0.39 is 22.1 Å². The Morgan fingerprint density at radius 2 is 1.73 bits per heavy atom. The summed E-state index contributed by atoms with van der Waals surface area (Å²) in [5.74, 6) is -0.494. The van der Waals surface area contributed by atoms with E-state index in [1.54, 1.807) is 24.3 Å². The predicted octanol–water partition coefficient (Wildman–Crippen LogP) is 2.64. The lowest BCUT2D eigenvalue weighted by Crippen LogP contribution is -2.27. The van der Waals surface area contributed by atoms with Gasteiger partial charge in [0.15, 0.2) is 0 Å². The first-order chi connectivity index (χ1) is 12.3. The van der Waals surface area contributed by atoms with Crippen LogP contribution in [0.4, 0.5) is 17.1 Å². The summed E-state index contributed by atoms with van der Waals surface area (Å²) < 4.78 is 30.2. The average Bonchev–Trinajstić information content (AvgIpc) is 2.59. The molecule has 0 amide bonds. The summed E-state index contributed by atoms with van der Waals surface area (Å²) in [6.07, 6.45) is -1.14. The van der Waals surface area contributed by atoms with E-state index in [2.05, 4.69) is 15.5 Å². The number of benzene rings is 2. The van der Waals surface area contributed by atoms with Crippen LogP contribution in [-0.2, 0) is 10.1 Å². The minimum Gasteiger partial charge on any atom is -0.378 e. The summed E-state index contributed by atoms with van der Waals surface area (Å²) in [6.45, 7) is -0.0997. The third-order valence-corrected chi connectivity index (χ3v) is 4.29. The summed E-state index contributed by atoms with van der Waals surface area (Å²) in [4.78, 5) is 1.98. The highest BCUT2D eigenvalue weighted by Crippen LogP contribution is 2.26. The molecule has 0 fully saturated rings. The van der Waals surface area contributed by atoms with Crippen molar-refractivity contribution in [3.63, 3.8) is 0 Å². The summed E-state index contributed by atoms with van der Waals surface area (Å²) in [7, 11) is -0.192. The Bertz CT molecular complexity index is 851. The number of aliphatic hydroxyl groups excluding tert-OH is 1. The molecule has 3 N–H and O–H groups in total. The second kappa shape index (κ2) is 8.86. The average molecular weight is 378 g/mol. The highest BCUT2D eigenvalue weighted by atomic mass is 32.2. The number of azo groups is 1. The fourth-order valence-electron chi connectivity index (χ4n) is 2.17. The van der Waals surface area contributed by atoms with Crippen LogP contribution in [0.1, 0.15) is 11.8 Å². The van der Waals surface area contributed by atoms with Crippen LogP contribution < -0.4 is 10.2 Å². The number of rotatable bonds is 8. The molecule has 0 aromatic heterocycles. The van der Waals surface area contributed by atoms with Gasteiger partial charge in [-0.25, -0.2) is 0 Å². The van der Waals surface area contributed by atoms with E-state index in [9.17, 15) is 13.5 Å². The van der Waals surface area contributed by atoms with E-state index >= 15 is 0 Å². The molecule has 0 saturated carbocycles. The van der Waals surface area contributed by atoms with E-state index in [0.717, 1.165) is 5.69 Å². The number of anilines is 1. The van der Waals surface area contributed by atoms with Gasteiger partial charge in [0, 0.05) is 31.9 Å². The summed E-state index contributed by atoms with van der Waals surface area (Å²) in [5, 5.41) is 21.2. The van der Waals surface area contributed by atoms with Crippen molar-refractivity contribution in [1.29, 1.82) is 0 Å². The largest absolute Gasteiger partial charge is 0.378 e. The van der Waals surface area contributed by atoms with Crippen LogP contribution >= 0.6 is 0 Å². The molecule has 0 spiro atoms. The fraction of sp³-hybridized carbons (Fsp3) is 0.294. The zero-order chi connectivity index (χ0) is 19.2. The van der Waals surface area contributed by atoms with Crippen molar-refractivity contribution in [2.45, 2.75) is 6.23 Å². The van der Waals surface area contributed by atoms with Gasteiger partial charge in [0.05, 0.1) is 17.1 Å². The normalized spacial score (nSPS) is 13.1. The van der Waals surface area contributed by atoms with Crippen molar-refractivity contribution in [3.8, 4) is 0 Å². The number of hydrogen-bond acceptors (Lipinski definition) is 7. The molecule has 140 valence electrons. The molecule has 1 atom stereocenters. The maximum atomic E-state index is 10.7. The molecule has 2 aromatic carbocycles. The third kappa shape index (κ3) is 6.19. The van der Waals surface area contributed by atoms with Crippen LogP contribution in [0.25, 0.3) is 0 Å². The lowest BCUT2D eigenvalue weighted by Gasteiger charge is -2.14. The van der Waals surface area contributed by atoms with Crippen LogP contribution in [0.3, 0.4) is 0 Å². The van der Waals surface area contributed by atoms with Crippen LogP contribution in [0.5, 0.6) is 0 Å². The summed E-state index contributed by atoms with van der Waals surface area (Å²) >= 11 is 0. The molecule has 0 aliphatic rings. The van der Waals surface area contributed by atoms with Crippen LogP contribution in [-0.4, -0.2) is 44.5 Å². The standard InChI is InChI=1S/C17H22N4O4S/c1-21(2)14-9-7-13(8-10-14)19-20-16-6-4-3-5-15(16)17(22)18-11-12-26(23,24)25/h3-10,17-18,22H,11-12H2,1-2H3,(H,23,24,25). The molecule has 0 aliphatic heterocycles. The maximum absolute atomic E-state index is 10.7.